The summed E-state index contributed by atoms with van der Waals surface area (Å²) < 4.78 is 22.8. The lowest BCUT2D eigenvalue weighted by atomic mass is 9.92. The second-order valence-corrected chi connectivity index (χ2v) is 28.1. The van der Waals surface area contributed by atoms with Gasteiger partial charge in [0.2, 0.25) is 29.5 Å². The van der Waals surface area contributed by atoms with Gasteiger partial charge in [-0.15, -0.1) is 11.3 Å². The molecular formula is C71H109N13O17S. The van der Waals surface area contributed by atoms with Crippen LogP contribution in [0, 0.1) is 29.6 Å². The normalized spacial score (nSPS) is 15.4. The lowest BCUT2D eigenvalue weighted by Gasteiger charge is -2.39. The molecule has 1 aromatic heterocycles. The Hall–Kier alpha value is -8.97. The minimum Gasteiger partial charge on any atom is -0.481 e. The molecule has 9 atom stereocenters. The van der Waals surface area contributed by atoms with Crippen LogP contribution in [0.15, 0.2) is 53.9 Å². The maximum absolute atomic E-state index is 15.0. The van der Waals surface area contributed by atoms with Gasteiger partial charge in [-0.3, -0.25) is 48.1 Å². The van der Waals surface area contributed by atoms with Crippen LogP contribution in [0.2, 0.25) is 0 Å². The number of carboxylic acid groups (broad SMARTS) is 1. The molecule has 0 saturated carbocycles. The fourth-order valence-corrected chi connectivity index (χ4v) is 12.0. The van der Waals surface area contributed by atoms with Gasteiger partial charge in [0.05, 0.1) is 12.0 Å². The number of hydrogen-bond acceptors (Lipinski definition) is 20. The van der Waals surface area contributed by atoms with Gasteiger partial charge in [0.1, 0.15) is 41.2 Å². The summed E-state index contributed by atoms with van der Waals surface area (Å²) in [6, 6.07) is 7.24. The first-order valence-corrected chi connectivity index (χ1v) is 35.8. The molecule has 0 bridgehead atoms. The number of primary amides is 1. The van der Waals surface area contributed by atoms with E-state index in [1.54, 1.807) is 69.4 Å². The number of likely N-dealkylation sites (tertiary alicyclic amines) is 1. The summed E-state index contributed by atoms with van der Waals surface area (Å²) in [5, 5.41) is 31.2. The third-order valence-electron chi connectivity index (χ3n) is 17.5. The monoisotopic (exact) mass is 1450 g/mol. The number of nitrogens with two attached hydrogens (primary N) is 1. The molecule has 1 fully saturated rings. The summed E-state index contributed by atoms with van der Waals surface area (Å²) in [5.74, 6) is -6.81. The molecule has 31 heteroatoms. The van der Waals surface area contributed by atoms with Gasteiger partial charge in [-0.05, 0) is 118 Å². The number of hydrogen-bond donors (Lipinski definition) is 9. The predicted octanol–water partition coefficient (Wildman–Crippen LogP) is 6.33. The number of carbonyl (C=O) groups is 12. The summed E-state index contributed by atoms with van der Waals surface area (Å²) in [5.41, 5.74) is 6.76. The van der Waals surface area contributed by atoms with Gasteiger partial charge in [0, 0.05) is 89.6 Å². The van der Waals surface area contributed by atoms with Crippen LogP contribution in [0.4, 0.5) is 20.1 Å². The van der Waals surface area contributed by atoms with Crippen LogP contribution in [-0.2, 0) is 65.6 Å². The zero-order valence-corrected chi connectivity index (χ0v) is 62.4. The second kappa shape index (κ2) is 43.1. The minimum absolute atomic E-state index is 0.0130. The number of thiazole rings is 1. The maximum atomic E-state index is 15.0. The molecule has 30 nitrogen and oxygen atoms in total. The minimum atomic E-state index is -1.10. The Morgan fingerprint density at radius 1 is 0.775 bits per heavy atom. The number of esters is 2. The molecule has 10 amide bonds. The van der Waals surface area contributed by atoms with Crippen molar-refractivity contribution in [2.75, 3.05) is 73.0 Å². The molecule has 4 rings (SSSR count). The number of urea groups is 1. The van der Waals surface area contributed by atoms with Gasteiger partial charge in [-0.25, -0.2) is 19.4 Å². The average molecular weight is 1450 g/mol. The van der Waals surface area contributed by atoms with E-state index in [-0.39, 0.29) is 117 Å². The zero-order valence-electron chi connectivity index (χ0n) is 61.6. The summed E-state index contributed by atoms with van der Waals surface area (Å²) in [6.07, 6.45) is 1.26. The topological polar surface area (TPSA) is 398 Å². The van der Waals surface area contributed by atoms with Crippen molar-refractivity contribution < 1.29 is 81.6 Å². The number of ether oxygens (including phenoxy) is 4. The van der Waals surface area contributed by atoms with Crippen molar-refractivity contribution in [1.29, 1.82) is 0 Å². The lowest BCUT2D eigenvalue weighted by molar-refractivity contribution is -0.161. The van der Waals surface area contributed by atoms with Crippen LogP contribution in [0.3, 0.4) is 0 Å². The van der Waals surface area contributed by atoms with Gasteiger partial charge in [-0.2, -0.15) is 0 Å². The smallest absolute Gasteiger partial charge is 0.415 e. The highest BCUT2D eigenvalue weighted by Gasteiger charge is 2.40. The number of benzene rings is 2. The third kappa shape index (κ3) is 29.2. The summed E-state index contributed by atoms with van der Waals surface area (Å²) in [6.45, 7) is 18.4. The van der Waals surface area contributed by atoms with Crippen LogP contribution in [0.1, 0.15) is 166 Å². The van der Waals surface area contributed by atoms with E-state index < -0.39 is 115 Å². The standard InChI is InChI=1S/C71H109N13O17S/c1-15-45(8)61(80-64(90)55-20-16-17-32-81(55)12)67(92)84(41-99-59(87)35-42(2)3)56(43(4)5)38-57(100-47(10)85)66-78-54(40-102-66)63(89)76-51(36-46(9)68(93)94)37-48-23-27-52(28-24-48)101-71(97)83(14)34-33-82(13)70(96)98-39-49-21-25-50(26-22-49)75-62(88)53(19-18-30-74-69(72)95)77-65(91)60(44(6)7)79-58(86)29-31-73-11/h21-28,40,42-46,51,53,55-57,60-61,73H,15-20,29-39,41H2,1-14H3,(H,75,88)(H,76,89)(H,77,91)(H,79,86)(H,80,90)(H,93,94)(H3,72,74,95)/t45-,46-,51+,53+,55+,56+,57+,60+,61-/m0/s1. The zero-order chi connectivity index (χ0) is 75.9. The highest BCUT2D eigenvalue weighted by molar-refractivity contribution is 7.09. The molecular weight excluding hydrogens is 1340 g/mol. The molecule has 102 heavy (non-hydrogen) atoms. The van der Waals surface area contributed by atoms with E-state index in [0.29, 0.717) is 42.6 Å². The van der Waals surface area contributed by atoms with Gasteiger partial charge in [-0.1, -0.05) is 99.4 Å². The number of nitrogens with zero attached hydrogens (tertiary/aromatic N) is 5. The summed E-state index contributed by atoms with van der Waals surface area (Å²) in [4.78, 5) is 169. The van der Waals surface area contributed by atoms with Crippen molar-refractivity contribution in [2.24, 2.45) is 35.3 Å². The lowest BCUT2D eigenvalue weighted by Crippen LogP contribution is -2.59. The first kappa shape index (κ1) is 85.4. The summed E-state index contributed by atoms with van der Waals surface area (Å²) >= 11 is 1.05. The van der Waals surface area contributed by atoms with E-state index in [9.17, 15) is 57.8 Å². The van der Waals surface area contributed by atoms with Crippen molar-refractivity contribution in [3.8, 4) is 5.75 Å². The quantitative estimate of drug-likeness (QED) is 0.0130. The summed E-state index contributed by atoms with van der Waals surface area (Å²) in [7, 11) is 6.57. The molecule has 3 aromatic rings. The number of anilines is 1. The molecule has 566 valence electrons. The molecule has 2 heterocycles. The fourth-order valence-electron chi connectivity index (χ4n) is 11.1. The number of amides is 10. The second-order valence-electron chi connectivity index (χ2n) is 27.2. The first-order valence-electron chi connectivity index (χ1n) is 34.9. The Bertz CT molecular complexity index is 3260. The maximum Gasteiger partial charge on any atom is 0.415 e. The molecule has 1 aliphatic rings. The molecule has 10 N–H and O–H groups in total. The molecule has 0 radical (unpaired) electrons. The van der Waals surface area contributed by atoms with Gasteiger partial charge < -0.3 is 81.7 Å². The Balaban J connectivity index is 1.38. The van der Waals surface area contributed by atoms with E-state index in [2.05, 4.69) is 42.2 Å². The third-order valence-corrected chi connectivity index (χ3v) is 18.4. The molecule has 1 saturated heterocycles. The Morgan fingerprint density at radius 3 is 2.02 bits per heavy atom. The number of aromatic nitrogens is 1. The van der Waals surface area contributed by atoms with E-state index in [1.165, 1.54) is 48.0 Å². The molecule has 0 aliphatic carbocycles. The van der Waals surface area contributed by atoms with Crippen molar-refractivity contribution in [2.45, 2.75) is 189 Å². The Labute approximate surface area is 602 Å². The number of aliphatic carboxylic acids is 1. The van der Waals surface area contributed by atoms with Crippen LogP contribution in [0.5, 0.6) is 5.75 Å². The Kier molecular flexibility index (Phi) is 36.1. The van der Waals surface area contributed by atoms with Crippen LogP contribution < -0.4 is 47.7 Å². The number of rotatable bonds is 41. The first-order chi connectivity index (χ1) is 48.2. The molecule has 0 spiro atoms. The number of carbonyl (C=O) groups excluding carboxylic acids is 11. The number of piperidine rings is 1. The van der Waals surface area contributed by atoms with Crippen LogP contribution in [0.25, 0.3) is 0 Å². The highest BCUT2D eigenvalue weighted by atomic mass is 32.1. The predicted molar refractivity (Wildman–Crippen MR) is 382 cm³/mol. The van der Waals surface area contributed by atoms with Crippen molar-refractivity contribution >= 4 is 88.6 Å². The largest absolute Gasteiger partial charge is 0.481 e. The average Bonchev–Trinajstić information content (AvgIpc) is 1.02. The van der Waals surface area contributed by atoms with Crippen LogP contribution in [-0.4, -0.2) is 205 Å². The number of nitrogens with one attached hydrogen (secondary N) is 7. The number of likely N-dealkylation sites (N-methyl/N-ethyl adjacent to an activating group) is 3. The molecule has 1 aliphatic heterocycles. The van der Waals surface area contributed by atoms with E-state index in [4.69, 9.17) is 24.7 Å². The van der Waals surface area contributed by atoms with Gasteiger partial charge in [0.15, 0.2) is 12.8 Å². The van der Waals surface area contributed by atoms with Crippen molar-refractivity contribution in [3.63, 3.8) is 0 Å². The van der Waals surface area contributed by atoms with Crippen LogP contribution >= 0.6 is 11.3 Å². The SMILES string of the molecule is CC[C@H](C)[C@H](NC(=O)[C@H]1CCCCN1C)C(=O)N(COC(=O)CC(C)C)[C@H](C[C@@H](OC(C)=O)c1nc(C(=O)N[C@@H](Cc2ccc(OC(=O)N(C)CCN(C)C(=O)OCc3ccc(NC(=O)[C@@H](CCCNC(N)=O)NC(=O)[C@H](NC(=O)CCNC)C(C)C)cc3)cc2)C[C@H](C)C(=O)O)cs1)C(C)C. The van der Waals surface area contributed by atoms with E-state index in [0.717, 1.165) is 30.7 Å². The van der Waals surface area contributed by atoms with E-state index in [1.807, 2.05) is 53.5 Å². The molecule has 0 unspecified atom stereocenters. The number of carboxylic acids is 1. The van der Waals surface area contributed by atoms with E-state index >= 15 is 4.79 Å². The molecule has 2 aromatic carbocycles. The fraction of sp³-hybridized carbons (Fsp3) is 0.620. The highest BCUT2D eigenvalue weighted by Crippen LogP contribution is 2.32. The van der Waals surface area contributed by atoms with Gasteiger partial charge in [0.25, 0.3) is 5.91 Å². The van der Waals surface area contributed by atoms with Crippen molar-refractivity contribution in [3.05, 3.63) is 75.7 Å². The van der Waals surface area contributed by atoms with Gasteiger partial charge >= 0.3 is 36.1 Å². The Morgan fingerprint density at radius 2 is 1.43 bits per heavy atom. The van der Waals surface area contributed by atoms with Crippen molar-refractivity contribution in [1.82, 2.24) is 56.5 Å².